The molecule has 0 aliphatic carbocycles. The number of hydrogen-bond donors (Lipinski definition) is 1. The highest BCUT2D eigenvalue weighted by Crippen LogP contribution is 2.25. The molecule has 0 saturated carbocycles. The normalized spacial score (nSPS) is 18.1. The van der Waals surface area contributed by atoms with Crippen molar-refractivity contribution >= 4 is 33.6 Å². The van der Waals surface area contributed by atoms with Crippen LogP contribution in [0, 0.1) is 5.92 Å². The van der Waals surface area contributed by atoms with E-state index < -0.39 is 5.97 Å². The van der Waals surface area contributed by atoms with Crippen LogP contribution < -0.4 is 10.6 Å². The summed E-state index contributed by atoms with van der Waals surface area (Å²) in [5.74, 6) is -0.270. The Morgan fingerprint density at radius 2 is 2.30 bits per heavy atom. The first-order chi connectivity index (χ1) is 9.52. The lowest BCUT2D eigenvalue weighted by atomic mass is 10.1. The minimum atomic E-state index is -0.466. The fourth-order valence-corrected chi connectivity index (χ4v) is 2.53. The molecule has 2 rings (SSSR count). The van der Waals surface area contributed by atoms with E-state index in [1.54, 1.807) is 19.1 Å². The lowest BCUT2D eigenvalue weighted by Gasteiger charge is -2.18. The van der Waals surface area contributed by atoms with Gasteiger partial charge in [-0.3, -0.25) is 4.79 Å². The molecule has 0 aromatic carbocycles. The third-order valence-corrected chi connectivity index (χ3v) is 3.85. The first-order valence-electron chi connectivity index (χ1n) is 6.40. The van der Waals surface area contributed by atoms with Crippen LogP contribution in [0.3, 0.4) is 0 Å². The molecule has 1 fully saturated rings. The van der Waals surface area contributed by atoms with Crippen LogP contribution in [-0.4, -0.2) is 36.6 Å². The molecule has 0 spiro atoms. The molecule has 108 valence electrons. The molecule has 6 nitrogen and oxygen atoms in total. The van der Waals surface area contributed by atoms with Gasteiger partial charge in [-0.2, -0.15) is 0 Å². The highest BCUT2D eigenvalue weighted by atomic mass is 79.9. The van der Waals surface area contributed by atoms with Gasteiger partial charge in [0.05, 0.1) is 17.0 Å². The van der Waals surface area contributed by atoms with Crippen LogP contribution in [0.15, 0.2) is 16.6 Å². The zero-order chi connectivity index (χ0) is 14.7. The minimum Gasteiger partial charge on any atom is -0.461 e. The van der Waals surface area contributed by atoms with Crippen molar-refractivity contribution in [1.82, 2.24) is 4.98 Å². The maximum absolute atomic E-state index is 11.8. The van der Waals surface area contributed by atoms with Crippen LogP contribution in [0.25, 0.3) is 0 Å². The van der Waals surface area contributed by atoms with E-state index in [2.05, 4.69) is 20.9 Å². The van der Waals surface area contributed by atoms with Gasteiger partial charge >= 0.3 is 5.97 Å². The van der Waals surface area contributed by atoms with Gasteiger partial charge in [0.25, 0.3) is 0 Å². The molecule has 1 aliphatic heterocycles. The zero-order valence-electron chi connectivity index (χ0n) is 11.1. The Morgan fingerprint density at radius 3 is 2.90 bits per heavy atom. The Morgan fingerprint density at radius 1 is 1.55 bits per heavy atom. The van der Waals surface area contributed by atoms with Crippen molar-refractivity contribution in [3.63, 3.8) is 0 Å². The largest absolute Gasteiger partial charge is 0.461 e. The highest BCUT2D eigenvalue weighted by Gasteiger charge is 2.28. The summed E-state index contributed by atoms with van der Waals surface area (Å²) in [6, 6.07) is 3.56. The maximum atomic E-state index is 11.8. The van der Waals surface area contributed by atoms with Crippen molar-refractivity contribution in [3.8, 4) is 0 Å². The number of anilines is 1. The molecular formula is C13H16BrN3O3. The lowest BCUT2D eigenvalue weighted by molar-refractivity contribution is -0.121. The number of nitrogens with zero attached hydrogens (tertiary/aromatic N) is 2. The van der Waals surface area contributed by atoms with Gasteiger partial charge < -0.3 is 15.4 Å². The number of halogens is 1. The average Bonchev–Trinajstić information content (AvgIpc) is 2.89. The van der Waals surface area contributed by atoms with Crippen molar-refractivity contribution < 1.29 is 14.3 Å². The van der Waals surface area contributed by atoms with E-state index in [-0.39, 0.29) is 17.5 Å². The second-order valence-corrected chi connectivity index (χ2v) is 5.41. The second-order valence-electron chi connectivity index (χ2n) is 4.55. The standard InChI is InChI=1S/C13H16BrN3O3/c1-2-20-13(19)11-9(14)3-4-10(16-11)17-6-5-8(7-17)12(15)18/h3-4,8H,2,5-7H2,1H3,(H2,15,18). The van der Waals surface area contributed by atoms with Crippen LogP contribution in [-0.2, 0) is 9.53 Å². The van der Waals surface area contributed by atoms with E-state index in [0.29, 0.717) is 36.4 Å². The van der Waals surface area contributed by atoms with Crippen molar-refractivity contribution in [2.45, 2.75) is 13.3 Å². The van der Waals surface area contributed by atoms with E-state index in [4.69, 9.17) is 10.5 Å². The number of rotatable bonds is 4. The van der Waals surface area contributed by atoms with Crippen LogP contribution in [0.5, 0.6) is 0 Å². The van der Waals surface area contributed by atoms with Crippen LogP contribution in [0.2, 0.25) is 0 Å². The molecule has 1 aromatic heterocycles. The molecule has 0 radical (unpaired) electrons. The summed E-state index contributed by atoms with van der Waals surface area (Å²) in [6.45, 7) is 3.27. The number of aromatic nitrogens is 1. The third kappa shape index (κ3) is 3.09. The quantitative estimate of drug-likeness (QED) is 0.835. The summed E-state index contributed by atoms with van der Waals surface area (Å²) in [5.41, 5.74) is 5.55. The van der Waals surface area contributed by atoms with Crippen LogP contribution >= 0.6 is 15.9 Å². The number of primary amides is 1. The smallest absolute Gasteiger partial charge is 0.358 e. The number of pyridine rings is 1. The average molecular weight is 342 g/mol. The molecule has 1 aliphatic rings. The van der Waals surface area contributed by atoms with E-state index in [0.717, 1.165) is 0 Å². The third-order valence-electron chi connectivity index (χ3n) is 3.21. The second kappa shape index (κ2) is 6.21. The Balaban J connectivity index is 2.20. The van der Waals surface area contributed by atoms with E-state index in [1.165, 1.54) is 0 Å². The molecule has 1 aromatic rings. The molecule has 1 unspecified atom stereocenters. The highest BCUT2D eigenvalue weighted by molar-refractivity contribution is 9.10. The summed E-state index contributed by atoms with van der Waals surface area (Å²) in [5, 5.41) is 0. The number of ether oxygens (including phenoxy) is 1. The number of esters is 1. The minimum absolute atomic E-state index is 0.161. The fraction of sp³-hybridized carbons (Fsp3) is 0.462. The molecule has 1 atom stereocenters. The molecular weight excluding hydrogens is 326 g/mol. The van der Waals surface area contributed by atoms with Crippen molar-refractivity contribution in [2.24, 2.45) is 11.7 Å². The van der Waals surface area contributed by atoms with Crippen molar-refractivity contribution in [2.75, 3.05) is 24.6 Å². The summed E-state index contributed by atoms with van der Waals surface area (Å²) in [7, 11) is 0. The summed E-state index contributed by atoms with van der Waals surface area (Å²) >= 11 is 3.29. The number of carbonyl (C=O) groups is 2. The van der Waals surface area contributed by atoms with Gasteiger partial charge in [-0.15, -0.1) is 0 Å². The topological polar surface area (TPSA) is 85.5 Å². The molecule has 1 saturated heterocycles. The Labute approximate surface area is 125 Å². The van der Waals surface area contributed by atoms with Gasteiger partial charge in [0, 0.05) is 13.1 Å². The van der Waals surface area contributed by atoms with Crippen molar-refractivity contribution in [1.29, 1.82) is 0 Å². The number of amides is 1. The maximum Gasteiger partial charge on any atom is 0.358 e. The van der Waals surface area contributed by atoms with Crippen molar-refractivity contribution in [3.05, 3.63) is 22.3 Å². The van der Waals surface area contributed by atoms with E-state index >= 15 is 0 Å². The molecule has 1 amide bonds. The predicted octanol–water partition coefficient (Wildman–Crippen LogP) is 1.33. The number of hydrogen-bond acceptors (Lipinski definition) is 5. The van der Waals surface area contributed by atoms with Crippen LogP contribution in [0.4, 0.5) is 5.82 Å². The first kappa shape index (κ1) is 14.8. The Bertz CT molecular complexity index is 536. The molecule has 7 heteroatoms. The van der Waals surface area contributed by atoms with E-state index in [9.17, 15) is 9.59 Å². The van der Waals surface area contributed by atoms with E-state index in [1.807, 2.05) is 4.90 Å². The zero-order valence-corrected chi connectivity index (χ0v) is 12.7. The molecule has 2 N–H and O–H groups in total. The van der Waals surface area contributed by atoms with Gasteiger partial charge in [-0.05, 0) is 41.4 Å². The number of carbonyl (C=O) groups excluding carboxylic acids is 2. The number of nitrogens with two attached hydrogens (primary N) is 1. The Kier molecular flexibility index (Phi) is 4.59. The van der Waals surface area contributed by atoms with Crippen LogP contribution in [0.1, 0.15) is 23.8 Å². The lowest BCUT2D eigenvalue weighted by Crippen LogP contribution is -2.28. The summed E-state index contributed by atoms with van der Waals surface area (Å²) < 4.78 is 5.55. The first-order valence-corrected chi connectivity index (χ1v) is 7.20. The molecule has 0 bridgehead atoms. The van der Waals surface area contributed by atoms with Gasteiger partial charge in [0.2, 0.25) is 5.91 Å². The fourth-order valence-electron chi connectivity index (χ4n) is 2.15. The molecule has 2 heterocycles. The van der Waals surface area contributed by atoms with Gasteiger partial charge in [-0.25, -0.2) is 9.78 Å². The monoisotopic (exact) mass is 341 g/mol. The predicted molar refractivity (Wildman–Crippen MR) is 77.4 cm³/mol. The SMILES string of the molecule is CCOC(=O)c1nc(N2CCC(C(N)=O)C2)ccc1Br. The van der Waals surface area contributed by atoms with Gasteiger partial charge in [0.15, 0.2) is 5.69 Å². The summed E-state index contributed by atoms with van der Waals surface area (Å²) in [4.78, 5) is 29.3. The van der Waals surface area contributed by atoms with Gasteiger partial charge in [-0.1, -0.05) is 0 Å². The summed E-state index contributed by atoms with van der Waals surface area (Å²) in [6.07, 6.45) is 0.710. The Hall–Kier alpha value is -1.63. The van der Waals surface area contributed by atoms with Gasteiger partial charge in [0.1, 0.15) is 5.82 Å². The molecule has 20 heavy (non-hydrogen) atoms.